The lowest BCUT2D eigenvalue weighted by atomic mass is 10.2. The van der Waals surface area contributed by atoms with Crippen LogP contribution in [0.3, 0.4) is 0 Å². The topological polar surface area (TPSA) is 103 Å². The summed E-state index contributed by atoms with van der Waals surface area (Å²) in [6.45, 7) is 5.69. The van der Waals surface area contributed by atoms with Crippen LogP contribution in [0.25, 0.3) is 0 Å². The van der Waals surface area contributed by atoms with Gasteiger partial charge in [0, 0.05) is 11.4 Å². The summed E-state index contributed by atoms with van der Waals surface area (Å²) in [6.07, 6.45) is 1.53. The molecule has 29 heavy (non-hydrogen) atoms. The highest BCUT2D eigenvalue weighted by Crippen LogP contribution is 2.21. The number of hydrogen-bond acceptors (Lipinski definition) is 8. The van der Waals surface area contributed by atoms with Gasteiger partial charge in [-0.2, -0.15) is 5.10 Å². The molecule has 0 unspecified atom stereocenters. The monoisotopic (exact) mass is 528 g/mol. The van der Waals surface area contributed by atoms with E-state index < -0.39 is 5.97 Å². The number of halogens is 1. The Labute approximate surface area is 187 Å². The molecule has 2 rings (SSSR count). The molecule has 0 aliphatic rings. The van der Waals surface area contributed by atoms with E-state index in [2.05, 4.69) is 43.1 Å². The molecule has 0 fully saturated rings. The van der Waals surface area contributed by atoms with Crippen LogP contribution in [0.1, 0.15) is 23.9 Å². The van der Waals surface area contributed by atoms with Gasteiger partial charge in [0.25, 0.3) is 5.91 Å². The third-order valence-corrected chi connectivity index (χ3v) is 4.99. The van der Waals surface area contributed by atoms with Crippen molar-refractivity contribution in [2.75, 3.05) is 19.0 Å². The van der Waals surface area contributed by atoms with Gasteiger partial charge in [0.2, 0.25) is 0 Å². The van der Waals surface area contributed by atoms with Gasteiger partial charge in [-0.25, -0.2) is 20.2 Å². The number of hydrazone groups is 1. The molecule has 1 N–H and O–H groups in total. The van der Waals surface area contributed by atoms with E-state index >= 15 is 0 Å². The average Bonchev–Trinajstić information content (AvgIpc) is 2.65. The number of ether oxygens (including phenoxy) is 2. The molecule has 0 spiro atoms. The van der Waals surface area contributed by atoms with Gasteiger partial charge >= 0.3 is 5.97 Å². The van der Waals surface area contributed by atoms with Gasteiger partial charge in [0.1, 0.15) is 5.75 Å². The van der Waals surface area contributed by atoms with Crippen LogP contribution in [-0.2, 0) is 14.3 Å². The normalized spacial score (nSPS) is 10.8. The number of benzene rings is 1. The summed E-state index contributed by atoms with van der Waals surface area (Å²) >= 11 is 3.36. The zero-order valence-electron chi connectivity index (χ0n) is 16.3. The maximum atomic E-state index is 11.9. The van der Waals surface area contributed by atoms with Crippen LogP contribution in [0.2, 0.25) is 0 Å². The third-order valence-electron chi connectivity index (χ3n) is 3.30. The third kappa shape index (κ3) is 8.36. The molecular weight excluding hydrogens is 507 g/mol. The van der Waals surface area contributed by atoms with E-state index in [4.69, 9.17) is 9.47 Å². The fraction of sp³-hybridized carbons (Fsp3) is 0.316. The molecule has 2 aromatic rings. The SMILES string of the molecule is CCOC(=O)COc1ccc(/C=N\NC(=O)CSc2nc(C)cc(C)n2)cc1I. The number of carbonyl (C=O) groups is 2. The van der Waals surface area contributed by atoms with Crippen molar-refractivity contribution in [3.63, 3.8) is 0 Å². The molecule has 1 heterocycles. The zero-order chi connectivity index (χ0) is 21.2. The van der Waals surface area contributed by atoms with Crippen molar-refractivity contribution < 1.29 is 19.1 Å². The minimum atomic E-state index is -0.416. The summed E-state index contributed by atoms with van der Waals surface area (Å²) in [4.78, 5) is 31.8. The Bertz CT molecular complexity index is 888. The van der Waals surface area contributed by atoms with Gasteiger partial charge < -0.3 is 9.47 Å². The number of hydrogen-bond donors (Lipinski definition) is 1. The molecule has 1 aromatic heterocycles. The first-order valence-corrected chi connectivity index (χ1v) is 10.8. The molecule has 0 aliphatic carbocycles. The number of aryl methyl sites for hydroxylation is 2. The Morgan fingerprint density at radius 2 is 1.97 bits per heavy atom. The van der Waals surface area contributed by atoms with Crippen molar-refractivity contribution in [1.82, 2.24) is 15.4 Å². The second-order valence-electron chi connectivity index (χ2n) is 5.80. The van der Waals surface area contributed by atoms with Gasteiger partial charge in [-0.05, 0) is 73.2 Å². The second kappa shape index (κ2) is 11.7. The Hall–Kier alpha value is -2.21. The number of thioether (sulfide) groups is 1. The molecule has 0 aliphatic heterocycles. The van der Waals surface area contributed by atoms with Gasteiger partial charge in [-0.15, -0.1) is 0 Å². The van der Waals surface area contributed by atoms with Crippen LogP contribution in [0, 0.1) is 17.4 Å². The van der Waals surface area contributed by atoms with Crippen molar-refractivity contribution in [3.8, 4) is 5.75 Å². The van der Waals surface area contributed by atoms with Gasteiger partial charge in [0.05, 0.1) is 22.1 Å². The van der Waals surface area contributed by atoms with Crippen molar-refractivity contribution in [1.29, 1.82) is 0 Å². The molecule has 0 radical (unpaired) electrons. The molecule has 0 bridgehead atoms. The van der Waals surface area contributed by atoms with Crippen molar-refractivity contribution in [2.24, 2.45) is 5.10 Å². The van der Waals surface area contributed by atoms with Gasteiger partial charge in [-0.1, -0.05) is 11.8 Å². The summed E-state index contributed by atoms with van der Waals surface area (Å²) in [7, 11) is 0. The maximum absolute atomic E-state index is 11.9. The number of aromatic nitrogens is 2. The Morgan fingerprint density at radius 1 is 1.24 bits per heavy atom. The molecule has 154 valence electrons. The van der Waals surface area contributed by atoms with Crippen LogP contribution < -0.4 is 10.2 Å². The molecule has 1 amide bonds. The number of nitrogens with one attached hydrogen (secondary N) is 1. The van der Waals surface area contributed by atoms with E-state index in [1.807, 2.05) is 26.0 Å². The first-order chi connectivity index (χ1) is 13.9. The van der Waals surface area contributed by atoms with E-state index in [9.17, 15) is 9.59 Å². The van der Waals surface area contributed by atoms with E-state index in [0.717, 1.165) is 20.5 Å². The van der Waals surface area contributed by atoms with Crippen molar-refractivity contribution in [3.05, 3.63) is 44.8 Å². The Morgan fingerprint density at radius 3 is 2.62 bits per heavy atom. The van der Waals surface area contributed by atoms with E-state index in [-0.39, 0.29) is 18.3 Å². The minimum Gasteiger partial charge on any atom is -0.481 e. The lowest BCUT2D eigenvalue weighted by molar-refractivity contribution is -0.145. The summed E-state index contributed by atoms with van der Waals surface area (Å²) in [6, 6.07) is 7.21. The standard InChI is InChI=1S/C19H21IN4O4S/c1-4-27-18(26)10-28-16-6-5-14(8-15(16)20)9-21-24-17(25)11-29-19-22-12(2)7-13(3)23-19/h5-9H,4,10-11H2,1-3H3,(H,24,25)/b21-9-. The first kappa shape index (κ1) is 23.1. The predicted octanol–water partition coefficient (Wildman–Crippen LogP) is 2.88. The van der Waals surface area contributed by atoms with Crippen LogP contribution in [0.4, 0.5) is 0 Å². The zero-order valence-corrected chi connectivity index (χ0v) is 19.2. The van der Waals surface area contributed by atoms with Crippen LogP contribution >= 0.6 is 34.4 Å². The quantitative estimate of drug-likeness (QED) is 0.133. The molecule has 0 saturated heterocycles. The molecule has 1 aromatic carbocycles. The van der Waals surface area contributed by atoms with Gasteiger partial charge in [-0.3, -0.25) is 4.79 Å². The highest BCUT2D eigenvalue weighted by atomic mass is 127. The van der Waals surface area contributed by atoms with Crippen molar-refractivity contribution >= 4 is 52.4 Å². The highest BCUT2D eigenvalue weighted by molar-refractivity contribution is 14.1. The first-order valence-electron chi connectivity index (χ1n) is 8.72. The molecule has 0 saturated carbocycles. The summed E-state index contributed by atoms with van der Waals surface area (Å²) in [5.74, 6) is 0.0711. The fourth-order valence-electron chi connectivity index (χ4n) is 2.15. The Balaban J connectivity index is 1.82. The van der Waals surface area contributed by atoms with E-state index in [1.54, 1.807) is 19.1 Å². The average molecular weight is 528 g/mol. The number of nitrogens with zero attached hydrogens (tertiary/aromatic N) is 3. The fourth-order valence-corrected chi connectivity index (χ4v) is 3.59. The largest absolute Gasteiger partial charge is 0.481 e. The number of carbonyl (C=O) groups excluding carboxylic acids is 2. The maximum Gasteiger partial charge on any atom is 0.344 e. The summed E-state index contributed by atoms with van der Waals surface area (Å²) < 4.78 is 11.1. The van der Waals surface area contributed by atoms with Crippen LogP contribution in [-0.4, -0.2) is 47.0 Å². The molecule has 10 heteroatoms. The molecule has 8 nitrogen and oxygen atoms in total. The van der Waals surface area contributed by atoms with E-state index in [0.29, 0.717) is 17.5 Å². The lowest BCUT2D eigenvalue weighted by Crippen LogP contribution is -2.19. The second-order valence-corrected chi connectivity index (χ2v) is 7.90. The highest BCUT2D eigenvalue weighted by Gasteiger charge is 2.07. The van der Waals surface area contributed by atoms with Crippen LogP contribution in [0.5, 0.6) is 5.75 Å². The number of rotatable bonds is 9. The minimum absolute atomic E-state index is 0.144. The smallest absolute Gasteiger partial charge is 0.344 e. The summed E-state index contributed by atoms with van der Waals surface area (Å²) in [5, 5.41) is 4.53. The Kier molecular flexibility index (Phi) is 9.32. The molecular formula is C19H21IN4O4S. The van der Waals surface area contributed by atoms with Gasteiger partial charge in [0.15, 0.2) is 11.8 Å². The predicted molar refractivity (Wildman–Crippen MR) is 119 cm³/mol. The number of amides is 1. The number of esters is 1. The van der Waals surface area contributed by atoms with Crippen LogP contribution in [0.15, 0.2) is 34.5 Å². The van der Waals surface area contributed by atoms with E-state index in [1.165, 1.54) is 18.0 Å². The van der Waals surface area contributed by atoms with Crippen molar-refractivity contribution in [2.45, 2.75) is 25.9 Å². The lowest BCUT2D eigenvalue weighted by Gasteiger charge is -2.08. The summed E-state index contributed by atoms with van der Waals surface area (Å²) in [5.41, 5.74) is 4.99. The molecule has 0 atom stereocenters.